The smallest absolute Gasteiger partial charge is 0.356 e. The molecule has 0 aromatic carbocycles. The molecular formula is C9H10ClNO2. The van der Waals surface area contributed by atoms with Gasteiger partial charge in [0.05, 0.1) is 17.3 Å². The summed E-state index contributed by atoms with van der Waals surface area (Å²) in [5.41, 5.74) is 0.927. The van der Waals surface area contributed by atoms with E-state index in [2.05, 4.69) is 4.98 Å². The summed E-state index contributed by atoms with van der Waals surface area (Å²) >= 11 is 5.75. The molecule has 1 aromatic heterocycles. The standard InChI is InChI=1S/C9H10ClNO2/c1-3-13-9(12)8-5-4-7(10)6(2)11-8/h4-5H,3H2,1-2H3. The molecule has 3 nitrogen and oxygen atoms in total. The highest BCUT2D eigenvalue weighted by Gasteiger charge is 2.08. The van der Waals surface area contributed by atoms with Crippen LogP contribution in [0.25, 0.3) is 0 Å². The molecule has 4 heteroatoms. The monoisotopic (exact) mass is 199 g/mol. The van der Waals surface area contributed by atoms with Gasteiger partial charge in [-0.05, 0) is 26.0 Å². The van der Waals surface area contributed by atoms with Crippen molar-refractivity contribution >= 4 is 17.6 Å². The van der Waals surface area contributed by atoms with E-state index in [1.807, 2.05) is 0 Å². The number of hydrogen-bond donors (Lipinski definition) is 0. The number of aromatic nitrogens is 1. The first-order valence-corrected chi connectivity index (χ1v) is 4.33. The highest BCUT2D eigenvalue weighted by Crippen LogP contribution is 2.12. The van der Waals surface area contributed by atoms with Crippen molar-refractivity contribution in [2.45, 2.75) is 13.8 Å². The van der Waals surface area contributed by atoms with Crippen LogP contribution in [0.5, 0.6) is 0 Å². The van der Waals surface area contributed by atoms with E-state index >= 15 is 0 Å². The molecule has 13 heavy (non-hydrogen) atoms. The Morgan fingerprint density at radius 3 is 2.85 bits per heavy atom. The van der Waals surface area contributed by atoms with E-state index in [1.54, 1.807) is 26.0 Å². The van der Waals surface area contributed by atoms with E-state index in [1.165, 1.54) is 0 Å². The largest absolute Gasteiger partial charge is 0.461 e. The Labute approximate surface area is 81.7 Å². The lowest BCUT2D eigenvalue weighted by atomic mass is 10.3. The van der Waals surface area contributed by atoms with Gasteiger partial charge in [-0.1, -0.05) is 11.6 Å². The van der Waals surface area contributed by atoms with Crippen molar-refractivity contribution in [1.82, 2.24) is 4.98 Å². The van der Waals surface area contributed by atoms with Gasteiger partial charge < -0.3 is 4.74 Å². The topological polar surface area (TPSA) is 39.2 Å². The SMILES string of the molecule is CCOC(=O)c1ccc(Cl)c(C)n1. The third-order valence-electron chi connectivity index (χ3n) is 1.51. The Morgan fingerprint density at radius 2 is 2.31 bits per heavy atom. The van der Waals surface area contributed by atoms with Crippen molar-refractivity contribution in [1.29, 1.82) is 0 Å². The van der Waals surface area contributed by atoms with E-state index in [0.29, 0.717) is 23.0 Å². The third-order valence-corrected chi connectivity index (χ3v) is 1.91. The molecule has 0 fully saturated rings. The first kappa shape index (κ1) is 9.99. The first-order valence-electron chi connectivity index (χ1n) is 3.95. The molecule has 1 heterocycles. The second-order valence-electron chi connectivity index (χ2n) is 2.48. The second-order valence-corrected chi connectivity index (χ2v) is 2.89. The maximum absolute atomic E-state index is 11.2. The molecule has 0 unspecified atom stereocenters. The molecule has 0 N–H and O–H groups in total. The lowest BCUT2D eigenvalue weighted by molar-refractivity contribution is 0.0519. The number of pyridine rings is 1. The number of rotatable bonds is 2. The maximum Gasteiger partial charge on any atom is 0.356 e. The molecule has 0 radical (unpaired) electrons. The predicted molar refractivity (Wildman–Crippen MR) is 49.9 cm³/mol. The van der Waals surface area contributed by atoms with Gasteiger partial charge in [0.15, 0.2) is 0 Å². The number of ether oxygens (including phenoxy) is 1. The fourth-order valence-electron chi connectivity index (χ4n) is 0.863. The van der Waals surface area contributed by atoms with Gasteiger partial charge >= 0.3 is 5.97 Å². The predicted octanol–water partition coefficient (Wildman–Crippen LogP) is 2.22. The van der Waals surface area contributed by atoms with Crippen LogP contribution in [-0.2, 0) is 4.74 Å². The van der Waals surface area contributed by atoms with Crippen molar-refractivity contribution < 1.29 is 9.53 Å². The average Bonchev–Trinajstić information content (AvgIpc) is 2.10. The Morgan fingerprint density at radius 1 is 1.62 bits per heavy atom. The minimum Gasteiger partial charge on any atom is -0.461 e. The Balaban J connectivity index is 2.90. The van der Waals surface area contributed by atoms with Crippen LogP contribution in [0.4, 0.5) is 0 Å². The summed E-state index contributed by atoms with van der Waals surface area (Å²) in [6.45, 7) is 3.84. The van der Waals surface area contributed by atoms with Gasteiger partial charge in [0.25, 0.3) is 0 Å². The number of halogens is 1. The molecule has 0 spiro atoms. The van der Waals surface area contributed by atoms with Gasteiger partial charge in [-0.2, -0.15) is 0 Å². The van der Waals surface area contributed by atoms with E-state index < -0.39 is 5.97 Å². The maximum atomic E-state index is 11.2. The molecule has 1 aromatic rings. The van der Waals surface area contributed by atoms with Crippen LogP contribution < -0.4 is 0 Å². The van der Waals surface area contributed by atoms with Crippen LogP contribution in [-0.4, -0.2) is 17.6 Å². The van der Waals surface area contributed by atoms with Crippen LogP contribution in [0, 0.1) is 6.92 Å². The quantitative estimate of drug-likeness (QED) is 0.686. The highest BCUT2D eigenvalue weighted by atomic mass is 35.5. The van der Waals surface area contributed by atoms with E-state index in [-0.39, 0.29) is 0 Å². The second kappa shape index (κ2) is 4.23. The van der Waals surface area contributed by atoms with E-state index in [9.17, 15) is 4.79 Å². The summed E-state index contributed by atoms with van der Waals surface area (Å²) in [6.07, 6.45) is 0. The van der Waals surface area contributed by atoms with Crippen LogP contribution in [0.15, 0.2) is 12.1 Å². The minimum absolute atomic E-state index is 0.295. The number of aryl methyl sites for hydroxylation is 1. The summed E-state index contributed by atoms with van der Waals surface area (Å²) < 4.78 is 4.78. The molecule has 0 bridgehead atoms. The molecule has 0 aliphatic heterocycles. The van der Waals surface area contributed by atoms with Gasteiger partial charge in [0, 0.05) is 0 Å². The van der Waals surface area contributed by atoms with Crippen LogP contribution in [0.1, 0.15) is 23.1 Å². The van der Waals surface area contributed by atoms with Crippen molar-refractivity contribution in [3.8, 4) is 0 Å². The summed E-state index contributed by atoms with van der Waals surface area (Å²) in [6, 6.07) is 3.18. The number of carbonyl (C=O) groups excluding carboxylic acids is 1. The van der Waals surface area contributed by atoms with Gasteiger partial charge in [0.1, 0.15) is 5.69 Å². The highest BCUT2D eigenvalue weighted by molar-refractivity contribution is 6.31. The van der Waals surface area contributed by atoms with Crippen molar-refractivity contribution in [3.05, 3.63) is 28.5 Å². The Hall–Kier alpha value is -1.09. The summed E-state index contributed by atoms with van der Waals surface area (Å²) in [7, 11) is 0. The summed E-state index contributed by atoms with van der Waals surface area (Å²) in [5, 5.41) is 0.549. The zero-order valence-corrected chi connectivity index (χ0v) is 8.26. The Bertz CT molecular complexity index is 325. The lowest BCUT2D eigenvalue weighted by Crippen LogP contribution is -2.07. The minimum atomic E-state index is -0.415. The van der Waals surface area contributed by atoms with Gasteiger partial charge in [-0.25, -0.2) is 9.78 Å². The number of carbonyl (C=O) groups is 1. The summed E-state index contributed by atoms with van der Waals surface area (Å²) in [5.74, 6) is -0.415. The zero-order valence-electron chi connectivity index (χ0n) is 7.50. The molecule has 0 aliphatic carbocycles. The Kier molecular flexibility index (Phi) is 3.25. The van der Waals surface area contributed by atoms with Crippen molar-refractivity contribution in [2.24, 2.45) is 0 Å². The number of esters is 1. The fraction of sp³-hybridized carbons (Fsp3) is 0.333. The molecule has 70 valence electrons. The van der Waals surface area contributed by atoms with Crippen molar-refractivity contribution in [2.75, 3.05) is 6.61 Å². The van der Waals surface area contributed by atoms with Gasteiger partial charge in [-0.15, -0.1) is 0 Å². The number of hydrogen-bond acceptors (Lipinski definition) is 3. The van der Waals surface area contributed by atoms with E-state index in [4.69, 9.17) is 16.3 Å². The molecule has 0 saturated carbocycles. The molecule has 0 saturated heterocycles. The van der Waals surface area contributed by atoms with Gasteiger partial charge in [0.2, 0.25) is 0 Å². The third kappa shape index (κ3) is 2.42. The molecule has 0 atom stereocenters. The van der Waals surface area contributed by atoms with Crippen molar-refractivity contribution in [3.63, 3.8) is 0 Å². The van der Waals surface area contributed by atoms with Gasteiger partial charge in [-0.3, -0.25) is 0 Å². The van der Waals surface area contributed by atoms with E-state index in [0.717, 1.165) is 0 Å². The lowest BCUT2D eigenvalue weighted by Gasteiger charge is -2.02. The summed E-state index contributed by atoms with van der Waals surface area (Å²) in [4.78, 5) is 15.2. The van der Waals surface area contributed by atoms with Crippen LogP contribution in [0.2, 0.25) is 5.02 Å². The molecule has 0 aliphatic rings. The molecular weight excluding hydrogens is 190 g/mol. The van der Waals surface area contributed by atoms with Crippen LogP contribution in [0.3, 0.4) is 0 Å². The zero-order chi connectivity index (χ0) is 9.84. The average molecular weight is 200 g/mol. The van der Waals surface area contributed by atoms with Crippen LogP contribution >= 0.6 is 11.6 Å². The molecule has 1 rings (SSSR count). The fourth-order valence-corrected chi connectivity index (χ4v) is 0.968. The molecule has 0 amide bonds. The first-order chi connectivity index (χ1) is 6.15. The normalized spacial score (nSPS) is 9.77. The number of nitrogens with zero attached hydrogens (tertiary/aromatic N) is 1.